The fraction of sp³-hybridized carbons (Fsp3) is 0.389. The van der Waals surface area contributed by atoms with Gasteiger partial charge >= 0.3 is 0 Å². The Kier molecular flexibility index (Phi) is 4.48. The minimum atomic E-state index is -0.111. The van der Waals surface area contributed by atoms with Crippen LogP contribution in [-0.2, 0) is 34.2 Å². The lowest BCUT2D eigenvalue weighted by Crippen LogP contribution is -2.29. The topological polar surface area (TPSA) is 76.0 Å². The lowest BCUT2D eigenvalue weighted by molar-refractivity contribution is -0.122. The van der Waals surface area contributed by atoms with Gasteiger partial charge in [-0.3, -0.25) is 9.59 Å². The van der Waals surface area contributed by atoms with Gasteiger partial charge in [0.05, 0.1) is 5.69 Å². The average Bonchev–Trinajstić information content (AvgIpc) is 3.30. The van der Waals surface area contributed by atoms with E-state index >= 15 is 0 Å². The molecule has 0 spiro atoms. The number of benzene rings is 1. The summed E-state index contributed by atoms with van der Waals surface area (Å²) in [4.78, 5) is 24.5. The number of amides is 2. The van der Waals surface area contributed by atoms with Gasteiger partial charge < -0.3 is 10.6 Å². The highest BCUT2D eigenvalue weighted by Gasteiger charge is 2.32. The zero-order valence-electron chi connectivity index (χ0n) is 13.8. The second-order valence-electron chi connectivity index (χ2n) is 6.45. The van der Waals surface area contributed by atoms with Gasteiger partial charge in [-0.2, -0.15) is 16.9 Å². The van der Waals surface area contributed by atoms with Crippen LogP contribution in [-0.4, -0.2) is 21.6 Å². The van der Waals surface area contributed by atoms with Gasteiger partial charge in [0.2, 0.25) is 11.8 Å². The van der Waals surface area contributed by atoms with Crippen molar-refractivity contribution in [2.75, 3.05) is 5.32 Å². The molecule has 1 aromatic heterocycles. The Bertz CT molecular complexity index is 799. The van der Waals surface area contributed by atoms with Gasteiger partial charge in [-0.05, 0) is 18.4 Å². The summed E-state index contributed by atoms with van der Waals surface area (Å²) in [6.45, 7) is 0.602. The summed E-state index contributed by atoms with van der Waals surface area (Å²) >= 11 is 1.78. The van der Waals surface area contributed by atoms with E-state index in [4.69, 9.17) is 0 Å². The van der Waals surface area contributed by atoms with Gasteiger partial charge in [0, 0.05) is 29.5 Å². The summed E-state index contributed by atoms with van der Waals surface area (Å²) in [7, 11) is 0. The molecule has 6 nitrogen and oxygen atoms in total. The van der Waals surface area contributed by atoms with E-state index in [1.807, 2.05) is 30.3 Å². The van der Waals surface area contributed by atoms with Crippen LogP contribution in [0.15, 0.2) is 30.3 Å². The summed E-state index contributed by atoms with van der Waals surface area (Å²) < 4.78 is 1.64. The monoisotopic (exact) mass is 356 g/mol. The molecule has 1 aromatic carbocycles. The lowest BCUT2D eigenvalue weighted by atomic mass is 10.2. The van der Waals surface area contributed by atoms with Crippen molar-refractivity contribution in [2.24, 2.45) is 5.92 Å². The molecule has 1 aliphatic carbocycles. The van der Waals surface area contributed by atoms with E-state index in [9.17, 15) is 9.59 Å². The highest BCUT2D eigenvalue weighted by atomic mass is 32.2. The maximum Gasteiger partial charge on any atom is 0.242 e. The minimum Gasteiger partial charge on any atom is -0.350 e. The first-order valence-electron chi connectivity index (χ1n) is 8.48. The Balaban J connectivity index is 1.44. The van der Waals surface area contributed by atoms with Crippen molar-refractivity contribution in [3.63, 3.8) is 0 Å². The van der Waals surface area contributed by atoms with Crippen molar-refractivity contribution >= 4 is 29.4 Å². The number of nitrogens with one attached hydrogen (secondary N) is 2. The Morgan fingerprint density at radius 2 is 2.00 bits per heavy atom. The number of hydrogen-bond acceptors (Lipinski definition) is 4. The van der Waals surface area contributed by atoms with Crippen LogP contribution in [0.2, 0.25) is 0 Å². The zero-order chi connectivity index (χ0) is 17.2. The summed E-state index contributed by atoms with van der Waals surface area (Å²) in [6.07, 6.45) is 1.91. The molecule has 130 valence electrons. The van der Waals surface area contributed by atoms with Crippen molar-refractivity contribution in [3.05, 3.63) is 47.2 Å². The van der Waals surface area contributed by atoms with Gasteiger partial charge in [0.15, 0.2) is 0 Å². The predicted octanol–water partition coefficient (Wildman–Crippen LogP) is 2.29. The second-order valence-corrected chi connectivity index (χ2v) is 7.44. The second kappa shape index (κ2) is 6.92. The number of nitrogens with zero attached hydrogens (tertiary/aromatic N) is 2. The molecular weight excluding hydrogens is 336 g/mol. The smallest absolute Gasteiger partial charge is 0.242 e. The molecule has 0 saturated heterocycles. The number of aromatic nitrogens is 2. The van der Waals surface area contributed by atoms with Crippen molar-refractivity contribution in [3.8, 4) is 0 Å². The molecule has 4 rings (SSSR count). The number of hydrogen-bond donors (Lipinski definition) is 2. The molecule has 2 N–H and O–H groups in total. The van der Waals surface area contributed by atoms with Crippen molar-refractivity contribution < 1.29 is 9.59 Å². The van der Waals surface area contributed by atoms with Crippen molar-refractivity contribution in [2.45, 2.75) is 37.4 Å². The number of carbonyl (C=O) groups is 2. The summed E-state index contributed by atoms with van der Waals surface area (Å²) in [5, 5.41) is 10.4. The quantitative estimate of drug-likeness (QED) is 0.833. The summed E-state index contributed by atoms with van der Waals surface area (Å²) in [5.41, 5.74) is 3.10. The first-order valence-corrected chi connectivity index (χ1v) is 9.64. The van der Waals surface area contributed by atoms with Crippen LogP contribution in [0, 0.1) is 5.92 Å². The Labute approximate surface area is 150 Å². The maximum absolute atomic E-state index is 12.3. The number of carbonyl (C=O) groups excluding carboxylic acids is 2. The minimum absolute atomic E-state index is 0.0468. The number of thioether (sulfide) groups is 1. The molecule has 0 atom stereocenters. The summed E-state index contributed by atoms with van der Waals surface area (Å²) in [6, 6.07) is 9.79. The molecule has 25 heavy (non-hydrogen) atoms. The molecule has 2 aromatic rings. The van der Waals surface area contributed by atoms with E-state index < -0.39 is 0 Å². The van der Waals surface area contributed by atoms with Crippen LogP contribution in [0.25, 0.3) is 0 Å². The van der Waals surface area contributed by atoms with E-state index in [-0.39, 0.29) is 24.3 Å². The highest BCUT2D eigenvalue weighted by molar-refractivity contribution is 7.98. The van der Waals surface area contributed by atoms with Crippen LogP contribution >= 0.6 is 11.8 Å². The van der Waals surface area contributed by atoms with E-state index in [0.29, 0.717) is 12.4 Å². The van der Waals surface area contributed by atoms with Gasteiger partial charge in [-0.15, -0.1) is 0 Å². The third kappa shape index (κ3) is 3.71. The molecule has 1 saturated carbocycles. The fourth-order valence-electron chi connectivity index (χ4n) is 2.87. The molecule has 1 fully saturated rings. The SMILES string of the molecule is O=C(Cn1nc2c(c1NC(=O)C1CC1)CSC2)NCc1ccccc1. The molecule has 2 aliphatic rings. The number of fused-ring (bicyclic) bond motifs is 1. The molecular formula is C18H20N4O2S. The maximum atomic E-state index is 12.3. The molecule has 2 amide bonds. The normalized spacial score (nSPS) is 15.7. The first-order chi connectivity index (χ1) is 12.2. The van der Waals surface area contributed by atoms with Gasteiger partial charge in [-0.25, -0.2) is 4.68 Å². The molecule has 1 aliphatic heterocycles. The van der Waals surface area contributed by atoms with Crippen LogP contribution in [0.4, 0.5) is 5.82 Å². The van der Waals surface area contributed by atoms with Crippen LogP contribution in [0.3, 0.4) is 0 Å². The third-order valence-electron chi connectivity index (χ3n) is 4.43. The molecule has 0 radical (unpaired) electrons. The van der Waals surface area contributed by atoms with E-state index in [1.165, 1.54) is 0 Å². The molecule has 7 heteroatoms. The van der Waals surface area contributed by atoms with Crippen LogP contribution in [0.1, 0.15) is 29.7 Å². The molecule has 0 unspecified atom stereocenters. The first kappa shape index (κ1) is 16.2. The predicted molar refractivity (Wildman–Crippen MR) is 96.9 cm³/mol. The Morgan fingerprint density at radius 1 is 1.20 bits per heavy atom. The van der Waals surface area contributed by atoms with Crippen molar-refractivity contribution in [1.29, 1.82) is 0 Å². The van der Waals surface area contributed by atoms with Crippen molar-refractivity contribution in [1.82, 2.24) is 15.1 Å². The average molecular weight is 356 g/mol. The lowest BCUT2D eigenvalue weighted by Gasteiger charge is -2.11. The Hall–Kier alpha value is -2.28. The number of rotatable bonds is 6. The standard InChI is InChI=1S/C18H20N4O2S/c23-16(19-8-12-4-2-1-3-5-12)9-22-17(20-18(24)13-6-7-13)14-10-25-11-15(14)21-22/h1-5,13H,6-11H2,(H,19,23)(H,20,24). The van der Waals surface area contributed by atoms with Gasteiger partial charge in [-0.1, -0.05) is 30.3 Å². The fourth-order valence-corrected chi connectivity index (χ4v) is 3.91. The zero-order valence-corrected chi connectivity index (χ0v) is 14.6. The Morgan fingerprint density at radius 3 is 2.76 bits per heavy atom. The van der Waals surface area contributed by atoms with Crippen LogP contribution < -0.4 is 10.6 Å². The number of anilines is 1. The van der Waals surface area contributed by atoms with Crippen LogP contribution in [0.5, 0.6) is 0 Å². The highest BCUT2D eigenvalue weighted by Crippen LogP contribution is 2.36. The van der Waals surface area contributed by atoms with E-state index in [0.717, 1.165) is 41.2 Å². The van der Waals surface area contributed by atoms with Gasteiger partial charge in [0.1, 0.15) is 12.4 Å². The largest absolute Gasteiger partial charge is 0.350 e. The summed E-state index contributed by atoms with van der Waals surface area (Å²) in [5.74, 6) is 2.43. The molecule has 2 heterocycles. The third-order valence-corrected chi connectivity index (χ3v) is 5.40. The molecule has 0 bridgehead atoms. The van der Waals surface area contributed by atoms with Gasteiger partial charge in [0.25, 0.3) is 0 Å². The van der Waals surface area contributed by atoms with E-state index in [1.54, 1.807) is 16.4 Å². The van der Waals surface area contributed by atoms with E-state index in [2.05, 4.69) is 15.7 Å².